The smallest absolute Gasteiger partial charge is 0.258 e. The van der Waals surface area contributed by atoms with Crippen LogP contribution in [0.25, 0.3) is 11.0 Å². The van der Waals surface area contributed by atoms with E-state index < -0.39 is 0 Å². The number of benzene rings is 1. The number of amides is 1. The van der Waals surface area contributed by atoms with Crippen LogP contribution in [0.3, 0.4) is 0 Å². The summed E-state index contributed by atoms with van der Waals surface area (Å²) in [5.41, 5.74) is 1.22. The van der Waals surface area contributed by atoms with Gasteiger partial charge in [0.1, 0.15) is 17.9 Å². The van der Waals surface area contributed by atoms with Gasteiger partial charge in [0.15, 0.2) is 5.82 Å². The van der Waals surface area contributed by atoms with E-state index in [4.69, 9.17) is 13.7 Å². The van der Waals surface area contributed by atoms with Crippen molar-refractivity contribution in [2.24, 2.45) is 0 Å². The van der Waals surface area contributed by atoms with Gasteiger partial charge in [-0.3, -0.25) is 4.79 Å². The van der Waals surface area contributed by atoms with Crippen LogP contribution < -0.4 is 0 Å². The van der Waals surface area contributed by atoms with Crippen molar-refractivity contribution >= 4 is 16.9 Å². The number of fused-ring (bicyclic) bond motifs is 1. The van der Waals surface area contributed by atoms with Gasteiger partial charge in [0.25, 0.3) is 5.91 Å². The largest absolute Gasteiger partial charge is 0.463 e. The summed E-state index contributed by atoms with van der Waals surface area (Å²) < 4.78 is 15.7. The van der Waals surface area contributed by atoms with Crippen LogP contribution in [0.1, 0.15) is 22.2 Å². The fourth-order valence-corrected chi connectivity index (χ4v) is 2.68. The Bertz CT molecular complexity index is 796. The van der Waals surface area contributed by atoms with Gasteiger partial charge in [0.2, 0.25) is 6.39 Å². The van der Waals surface area contributed by atoms with Crippen molar-refractivity contribution in [3.8, 4) is 0 Å². The Hall–Kier alpha value is -2.67. The van der Waals surface area contributed by atoms with Crippen molar-refractivity contribution in [2.75, 3.05) is 19.8 Å². The molecule has 3 aromatic rings. The van der Waals surface area contributed by atoms with E-state index in [2.05, 4.69) is 10.1 Å². The van der Waals surface area contributed by atoms with Gasteiger partial charge in [-0.05, 0) is 6.07 Å². The third kappa shape index (κ3) is 2.06. The number of rotatable bonds is 2. The zero-order valence-electron chi connectivity index (χ0n) is 11.6. The third-order valence-corrected chi connectivity index (χ3v) is 3.78. The minimum Gasteiger partial charge on any atom is -0.463 e. The summed E-state index contributed by atoms with van der Waals surface area (Å²) >= 11 is 0. The molecule has 112 valence electrons. The first-order valence-corrected chi connectivity index (χ1v) is 6.96. The minimum atomic E-state index is -0.353. The molecule has 1 saturated heterocycles. The molecule has 0 aliphatic carbocycles. The van der Waals surface area contributed by atoms with Crippen molar-refractivity contribution in [1.82, 2.24) is 15.0 Å². The number of carbonyl (C=O) groups is 1. The molecule has 0 unspecified atom stereocenters. The average molecular weight is 299 g/mol. The first-order chi connectivity index (χ1) is 10.8. The van der Waals surface area contributed by atoms with Gasteiger partial charge in [0.05, 0.1) is 18.8 Å². The van der Waals surface area contributed by atoms with E-state index in [1.807, 2.05) is 24.3 Å². The van der Waals surface area contributed by atoms with E-state index >= 15 is 0 Å². The van der Waals surface area contributed by atoms with E-state index in [0.29, 0.717) is 36.7 Å². The number of para-hydroxylation sites is 1. The molecule has 22 heavy (non-hydrogen) atoms. The lowest BCUT2D eigenvalue weighted by Crippen LogP contribution is -2.43. The van der Waals surface area contributed by atoms with E-state index in [0.717, 1.165) is 5.39 Å². The second-order valence-electron chi connectivity index (χ2n) is 5.02. The number of carbonyl (C=O) groups excluding carboxylic acids is 1. The highest BCUT2D eigenvalue weighted by Gasteiger charge is 2.33. The maximum Gasteiger partial charge on any atom is 0.258 e. The zero-order chi connectivity index (χ0) is 14.9. The lowest BCUT2D eigenvalue weighted by atomic mass is 10.1. The second-order valence-corrected chi connectivity index (χ2v) is 5.02. The van der Waals surface area contributed by atoms with Crippen LogP contribution in [0.4, 0.5) is 0 Å². The van der Waals surface area contributed by atoms with Gasteiger partial charge in [-0.1, -0.05) is 23.4 Å². The van der Waals surface area contributed by atoms with E-state index in [-0.39, 0.29) is 11.9 Å². The molecule has 0 bridgehead atoms. The molecule has 1 amide bonds. The first kappa shape index (κ1) is 13.0. The molecule has 0 N–H and O–H groups in total. The van der Waals surface area contributed by atoms with Crippen LogP contribution in [-0.4, -0.2) is 40.7 Å². The molecule has 1 fully saturated rings. The highest BCUT2D eigenvalue weighted by Crippen LogP contribution is 2.27. The van der Waals surface area contributed by atoms with Crippen molar-refractivity contribution in [2.45, 2.75) is 6.04 Å². The molecular formula is C15H13N3O4. The van der Waals surface area contributed by atoms with Crippen molar-refractivity contribution in [1.29, 1.82) is 0 Å². The molecule has 2 aromatic heterocycles. The maximum absolute atomic E-state index is 12.9. The Morgan fingerprint density at radius 1 is 1.32 bits per heavy atom. The molecule has 1 aliphatic heterocycles. The summed E-state index contributed by atoms with van der Waals surface area (Å²) in [7, 11) is 0. The molecule has 3 heterocycles. The quantitative estimate of drug-likeness (QED) is 0.720. The Morgan fingerprint density at radius 3 is 3.09 bits per heavy atom. The fraction of sp³-hybridized carbons (Fsp3) is 0.267. The lowest BCUT2D eigenvalue weighted by molar-refractivity contribution is -0.00571. The minimum absolute atomic E-state index is 0.122. The summed E-state index contributed by atoms with van der Waals surface area (Å²) in [6.07, 6.45) is 2.75. The van der Waals surface area contributed by atoms with Gasteiger partial charge in [0, 0.05) is 11.9 Å². The van der Waals surface area contributed by atoms with Crippen LogP contribution in [0, 0.1) is 0 Å². The van der Waals surface area contributed by atoms with E-state index in [1.165, 1.54) is 12.7 Å². The molecule has 7 nitrogen and oxygen atoms in total. The number of furan rings is 1. The molecule has 1 aromatic carbocycles. The molecule has 0 saturated carbocycles. The molecule has 0 radical (unpaired) electrons. The van der Waals surface area contributed by atoms with E-state index in [9.17, 15) is 4.79 Å². The Kier molecular flexibility index (Phi) is 3.12. The molecule has 1 aliphatic rings. The van der Waals surface area contributed by atoms with Crippen LogP contribution in [0.5, 0.6) is 0 Å². The normalized spacial score (nSPS) is 18.7. The Labute approximate surface area is 125 Å². The summed E-state index contributed by atoms with van der Waals surface area (Å²) in [6, 6.07) is 7.10. The monoisotopic (exact) mass is 299 g/mol. The number of hydrogen-bond donors (Lipinski definition) is 0. The SMILES string of the molecule is O=C(c1coc2ccccc12)N1CCOC[C@H]1c1ncon1. The first-order valence-electron chi connectivity index (χ1n) is 6.96. The zero-order valence-corrected chi connectivity index (χ0v) is 11.6. The molecular weight excluding hydrogens is 286 g/mol. The van der Waals surface area contributed by atoms with Gasteiger partial charge >= 0.3 is 0 Å². The van der Waals surface area contributed by atoms with Crippen molar-refractivity contribution in [3.63, 3.8) is 0 Å². The van der Waals surface area contributed by atoms with E-state index in [1.54, 1.807) is 4.90 Å². The Morgan fingerprint density at radius 2 is 2.23 bits per heavy atom. The van der Waals surface area contributed by atoms with Gasteiger partial charge < -0.3 is 18.6 Å². The Balaban J connectivity index is 1.71. The second kappa shape index (κ2) is 5.27. The lowest BCUT2D eigenvalue weighted by Gasteiger charge is -2.33. The molecule has 0 spiro atoms. The number of aromatic nitrogens is 2. The molecule has 4 rings (SSSR count). The number of nitrogens with zero attached hydrogens (tertiary/aromatic N) is 3. The highest BCUT2D eigenvalue weighted by molar-refractivity contribution is 6.06. The van der Waals surface area contributed by atoms with Crippen LogP contribution >= 0.6 is 0 Å². The van der Waals surface area contributed by atoms with Gasteiger partial charge in [-0.25, -0.2) is 0 Å². The summed E-state index contributed by atoms with van der Waals surface area (Å²) in [5.74, 6) is 0.323. The highest BCUT2D eigenvalue weighted by atomic mass is 16.5. The van der Waals surface area contributed by atoms with Crippen LogP contribution in [0.2, 0.25) is 0 Å². The molecule has 7 heteroatoms. The van der Waals surface area contributed by atoms with Gasteiger partial charge in [-0.2, -0.15) is 4.98 Å². The maximum atomic E-state index is 12.9. The third-order valence-electron chi connectivity index (χ3n) is 3.78. The standard InChI is InChI=1S/C15H13N3O4/c19-15(11-7-21-13-4-2-1-3-10(11)13)18-5-6-20-8-12(18)14-16-9-22-17-14/h1-4,7,9,12H,5-6,8H2/t12-/m0/s1. The van der Waals surface area contributed by atoms with Crippen molar-refractivity contribution in [3.05, 3.63) is 48.3 Å². The summed E-state index contributed by atoms with van der Waals surface area (Å²) in [6.45, 7) is 1.30. The summed E-state index contributed by atoms with van der Waals surface area (Å²) in [5, 5.41) is 4.63. The number of hydrogen-bond acceptors (Lipinski definition) is 6. The van der Waals surface area contributed by atoms with Crippen LogP contribution in [0.15, 0.2) is 45.9 Å². The van der Waals surface area contributed by atoms with Gasteiger partial charge in [-0.15, -0.1) is 0 Å². The average Bonchev–Trinajstić information content (AvgIpc) is 3.24. The topological polar surface area (TPSA) is 81.6 Å². The predicted molar refractivity (Wildman–Crippen MR) is 75.1 cm³/mol. The number of ether oxygens (including phenoxy) is 1. The van der Waals surface area contributed by atoms with Crippen LogP contribution in [-0.2, 0) is 4.74 Å². The predicted octanol–water partition coefficient (Wildman–Crippen LogP) is 2.03. The fourth-order valence-electron chi connectivity index (χ4n) is 2.68. The number of morpholine rings is 1. The summed E-state index contributed by atoms with van der Waals surface area (Å²) in [4.78, 5) is 18.6. The molecule has 1 atom stereocenters. The van der Waals surface area contributed by atoms with Crippen molar-refractivity contribution < 1.29 is 18.5 Å².